The molecule has 0 radical (unpaired) electrons. The lowest BCUT2D eigenvalue weighted by atomic mass is 10.2. The first-order valence-electron chi connectivity index (χ1n) is 9.73. The van der Waals surface area contributed by atoms with E-state index in [0.29, 0.717) is 29.4 Å². The van der Waals surface area contributed by atoms with Gasteiger partial charge < -0.3 is 19.8 Å². The van der Waals surface area contributed by atoms with E-state index in [2.05, 4.69) is 34.9 Å². The van der Waals surface area contributed by atoms with Gasteiger partial charge in [-0.1, -0.05) is 17.7 Å². The summed E-state index contributed by atoms with van der Waals surface area (Å²) in [4.78, 5) is 26.5. The molecule has 3 rings (SSSR count). The number of nitrogens with one attached hydrogen (secondary N) is 2. The predicted octanol–water partition coefficient (Wildman–Crippen LogP) is 4.28. The molecule has 7 heteroatoms. The highest BCUT2D eigenvalue weighted by Gasteiger charge is 2.15. The van der Waals surface area contributed by atoms with E-state index in [0.717, 1.165) is 4.90 Å². The standard InChI is InChI=1S/C24H24N2O4S/c1-17-5-11-21(12-6-17)31-15-13-25-24(28)22(16-20-4-3-14-30-20)26-23(27)18-7-9-19(29-2)10-8-18/h3-12,14,16H,13,15H2,1-2H3,(H,25,28)(H,26,27)/b22-16-. The first kappa shape index (κ1) is 22.2. The Morgan fingerprint density at radius 3 is 2.45 bits per heavy atom. The number of hydrogen-bond donors (Lipinski definition) is 2. The largest absolute Gasteiger partial charge is 0.497 e. The first-order valence-corrected chi connectivity index (χ1v) is 10.7. The van der Waals surface area contributed by atoms with E-state index >= 15 is 0 Å². The summed E-state index contributed by atoms with van der Waals surface area (Å²) in [5.74, 6) is 1.03. The van der Waals surface area contributed by atoms with Crippen molar-refractivity contribution in [2.24, 2.45) is 0 Å². The van der Waals surface area contributed by atoms with Crippen molar-refractivity contribution in [3.05, 3.63) is 89.5 Å². The molecule has 160 valence electrons. The lowest BCUT2D eigenvalue weighted by Gasteiger charge is -2.11. The Morgan fingerprint density at radius 2 is 1.81 bits per heavy atom. The van der Waals surface area contributed by atoms with Crippen LogP contribution >= 0.6 is 11.8 Å². The van der Waals surface area contributed by atoms with Crippen LogP contribution in [0.3, 0.4) is 0 Å². The lowest BCUT2D eigenvalue weighted by Crippen LogP contribution is -2.35. The van der Waals surface area contributed by atoms with Crippen LogP contribution in [0.2, 0.25) is 0 Å². The molecule has 0 aliphatic rings. The van der Waals surface area contributed by atoms with E-state index in [1.807, 2.05) is 6.92 Å². The molecule has 0 saturated heterocycles. The van der Waals surface area contributed by atoms with Gasteiger partial charge in [0.15, 0.2) is 0 Å². The van der Waals surface area contributed by atoms with Crippen LogP contribution in [0, 0.1) is 6.92 Å². The first-order chi connectivity index (χ1) is 15.0. The zero-order valence-corrected chi connectivity index (χ0v) is 18.2. The molecule has 0 bridgehead atoms. The number of amides is 2. The van der Waals surface area contributed by atoms with E-state index in [1.165, 1.54) is 17.9 Å². The Hall–Kier alpha value is -3.45. The highest BCUT2D eigenvalue weighted by Crippen LogP contribution is 2.17. The number of aryl methyl sites for hydroxylation is 1. The number of furan rings is 1. The summed E-state index contributed by atoms with van der Waals surface area (Å²) in [6.07, 6.45) is 3.01. The number of carbonyl (C=O) groups excluding carboxylic acids is 2. The fourth-order valence-electron chi connectivity index (χ4n) is 2.67. The van der Waals surface area contributed by atoms with Crippen LogP contribution < -0.4 is 15.4 Å². The van der Waals surface area contributed by atoms with Crippen molar-refractivity contribution in [2.75, 3.05) is 19.4 Å². The second-order valence-electron chi connectivity index (χ2n) is 6.67. The van der Waals surface area contributed by atoms with E-state index in [4.69, 9.17) is 9.15 Å². The van der Waals surface area contributed by atoms with Crippen molar-refractivity contribution in [1.29, 1.82) is 0 Å². The van der Waals surface area contributed by atoms with Crippen molar-refractivity contribution in [3.63, 3.8) is 0 Å². The topological polar surface area (TPSA) is 80.6 Å². The van der Waals surface area contributed by atoms with Crippen LogP contribution in [0.25, 0.3) is 6.08 Å². The summed E-state index contributed by atoms with van der Waals surface area (Å²) in [6, 6.07) is 18.3. The molecule has 0 aliphatic heterocycles. The highest BCUT2D eigenvalue weighted by molar-refractivity contribution is 7.99. The van der Waals surface area contributed by atoms with Crippen molar-refractivity contribution in [1.82, 2.24) is 10.6 Å². The average Bonchev–Trinajstić information content (AvgIpc) is 3.30. The van der Waals surface area contributed by atoms with Crippen molar-refractivity contribution in [2.45, 2.75) is 11.8 Å². The van der Waals surface area contributed by atoms with Gasteiger partial charge in [0.1, 0.15) is 17.2 Å². The summed E-state index contributed by atoms with van der Waals surface area (Å²) in [5, 5.41) is 5.52. The summed E-state index contributed by atoms with van der Waals surface area (Å²) in [6.45, 7) is 2.49. The Balaban J connectivity index is 1.61. The molecule has 2 N–H and O–H groups in total. The quantitative estimate of drug-likeness (QED) is 0.297. The molecule has 2 aromatic carbocycles. The normalized spacial score (nSPS) is 11.1. The molecule has 0 spiro atoms. The third-order valence-electron chi connectivity index (χ3n) is 4.35. The Kier molecular flexibility index (Phi) is 7.95. The van der Waals surface area contributed by atoms with Gasteiger partial charge >= 0.3 is 0 Å². The maximum absolute atomic E-state index is 12.7. The van der Waals surface area contributed by atoms with Gasteiger partial charge in [0, 0.05) is 28.8 Å². The van der Waals surface area contributed by atoms with Gasteiger partial charge in [-0.2, -0.15) is 0 Å². The smallest absolute Gasteiger partial charge is 0.267 e. The Labute approximate surface area is 185 Å². The number of rotatable bonds is 9. The van der Waals surface area contributed by atoms with Crippen LogP contribution in [0.15, 0.2) is 81.9 Å². The van der Waals surface area contributed by atoms with Crippen molar-refractivity contribution in [3.8, 4) is 5.75 Å². The number of carbonyl (C=O) groups is 2. The maximum Gasteiger partial charge on any atom is 0.267 e. The maximum atomic E-state index is 12.7. The summed E-state index contributed by atoms with van der Waals surface area (Å²) in [5.41, 5.74) is 1.72. The number of hydrogen-bond acceptors (Lipinski definition) is 5. The fraction of sp³-hybridized carbons (Fsp3) is 0.167. The minimum Gasteiger partial charge on any atom is -0.497 e. The fourth-order valence-corrected chi connectivity index (χ4v) is 3.44. The van der Waals surface area contributed by atoms with E-state index in [1.54, 1.807) is 55.3 Å². The second kappa shape index (κ2) is 11.1. The summed E-state index contributed by atoms with van der Waals surface area (Å²) in [7, 11) is 1.56. The van der Waals surface area contributed by atoms with Crippen LogP contribution in [0.1, 0.15) is 21.7 Å². The zero-order valence-electron chi connectivity index (χ0n) is 17.4. The van der Waals surface area contributed by atoms with Gasteiger partial charge in [-0.3, -0.25) is 9.59 Å². The molecule has 6 nitrogen and oxygen atoms in total. The van der Waals surface area contributed by atoms with Gasteiger partial charge in [-0.05, 0) is 55.5 Å². The van der Waals surface area contributed by atoms with E-state index in [-0.39, 0.29) is 11.6 Å². The third kappa shape index (κ3) is 6.79. The molecule has 0 atom stereocenters. The minimum atomic E-state index is -0.398. The number of benzene rings is 2. The van der Waals surface area contributed by atoms with Crippen molar-refractivity contribution < 1.29 is 18.7 Å². The molecular formula is C24H24N2O4S. The predicted molar refractivity (Wildman–Crippen MR) is 122 cm³/mol. The van der Waals surface area contributed by atoms with Crippen molar-refractivity contribution >= 4 is 29.7 Å². The highest BCUT2D eigenvalue weighted by atomic mass is 32.2. The zero-order chi connectivity index (χ0) is 22.1. The molecule has 0 saturated carbocycles. The molecule has 0 fully saturated rings. The third-order valence-corrected chi connectivity index (χ3v) is 5.37. The van der Waals surface area contributed by atoms with Gasteiger partial charge in [0.05, 0.1) is 13.4 Å². The summed E-state index contributed by atoms with van der Waals surface area (Å²) >= 11 is 1.65. The molecule has 1 heterocycles. The van der Waals surface area contributed by atoms with E-state index < -0.39 is 5.91 Å². The second-order valence-corrected chi connectivity index (χ2v) is 7.84. The molecule has 2 amide bonds. The lowest BCUT2D eigenvalue weighted by molar-refractivity contribution is -0.117. The molecule has 1 aromatic heterocycles. The molecule has 0 aliphatic carbocycles. The van der Waals surface area contributed by atoms with E-state index in [9.17, 15) is 9.59 Å². The van der Waals surface area contributed by atoms with Gasteiger partial charge in [-0.25, -0.2) is 0 Å². The van der Waals surface area contributed by atoms with Crippen LogP contribution in [-0.4, -0.2) is 31.2 Å². The molecule has 3 aromatic rings. The van der Waals surface area contributed by atoms with Crippen LogP contribution in [-0.2, 0) is 4.79 Å². The average molecular weight is 437 g/mol. The molecular weight excluding hydrogens is 412 g/mol. The van der Waals surface area contributed by atoms with Gasteiger partial charge in [0.2, 0.25) is 0 Å². The monoisotopic (exact) mass is 436 g/mol. The number of ether oxygens (including phenoxy) is 1. The molecule has 31 heavy (non-hydrogen) atoms. The Morgan fingerprint density at radius 1 is 1.06 bits per heavy atom. The van der Waals surface area contributed by atoms with Crippen LogP contribution in [0.4, 0.5) is 0 Å². The number of methoxy groups -OCH3 is 1. The molecule has 0 unspecified atom stereocenters. The minimum absolute atomic E-state index is 0.108. The van der Waals surface area contributed by atoms with Gasteiger partial charge in [0.25, 0.3) is 11.8 Å². The Bertz CT molecular complexity index is 1030. The SMILES string of the molecule is COc1ccc(C(=O)N/C(=C\c2ccco2)C(=O)NCCSc2ccc(C)cc2)cc1. The number of thioether (sulfide) groups is 1. The van der Waals surface area contributed by atoms with Crippen LogP contribution in [0.5, 0.6) is 5.75 Å². The summed E-state index contributed by atoms with van der Waals surface area (Å²) < 4.78 is 10.4. The van der Waals surface area contributed by atoms with Gasteiger partial charge in [-0.15, -0.1) is 11.8 Å².